The van der Waals surface area contributed by atoms with Gasteiger partial charge in [-0.15, -0.1) is 0 Å². The first-order valence-corrected chi connectivity index (χ1v) is 7.68. The Hall–Kier alpha value is -2.30. The van der Waals surface area contributed by atoms with Crippen LogP contribution in [0.2, 0.25) is 0 Å². The maximum atomic E-state index is 12.2. The van der Waals surface area contributed by atoms with Gasteiger partial charge < -0.3 is 10.1 Å². The van der Waals surface area contributed by atoms with E-state index in [2.05, 4.69) is 10.4 Å². The van der Waals surface area contributed by atoms with Crippen molar-refractivity contribution in [3.63, 3.8) is 0 Å². The molecule has 118 valence electrons. The minimum Gasteiger partial charge on any atom is -0.494 e. The van der Waals surface area contributed by atoms with Crippen LogP contribution in [-0.4, -0.2) is 16.4 Å². The van der Waals surface area contributed by atoms with Crippen molar-refractivity contribution in [3.05, 3.63) is 51.9 Å². The summed E-state index contributed by atoms with van der Waals surface area (Å²) in [7, 11) is 0. The van der Waals surface area contributed by atoms with Crippen LogP contribution in [-0.2, 0) is 13.1 Å². The topological polar surface area (TPSA) is 56.1 Å². The lowest BCUT2D eigenvalue weighted by atomic mass is 10.2. The molecule has 2 rings (SSSR count). The quantitative estimate of drug-likeness (QED) is 0.854. The molecule has 0 unspecified atom stereocenters. The fraction of sp³-hybridized carbons (Fsp3) is 0.412. The SMILES string of the molecule is CCCn1ncc(NCc2cccc(OCC)c2)c(C)c1=O. The molecule has 0 radical (unpaired) electrons. The third-order valence-electron chi connectivity index (χ3n) is 3.41. The van der Waals surface area contributed by atoms with Gasteiger partial charge in [0.25, 0.3) is 5.56 Å². The number of rotatable bonds is 7. The van der Waals surface area contributed by atoms with E-state index >= 15 is 0 Å². The van der Waals surface area contributed by atoms with Gasteiger partial charge in [0.15, 0.2) is 0 Å². The van der Waals surface area contributed by atoms with Gasteiger partial charge in [-0.05, 0) is 38.0 Å². The first-order valence-electron chi connectivity index (χ1n) is 7.68. The van der Waals surface area contributed by atoms with Gasteiger partial charge in [0.05, 0.1) is 18.5 Å². The van der Waals surface area contributed by atoms with Crippen LogP contribution in [0.1, 0.15) is 31.4 Å². The Morgan fingerprint density at radius 1 is 1.32 bits per heavy atom. The van der Waals surface area contributed by atoms with Crippen LogP contribution >= 0.6 is 0 Å². The van der Waals surface area contributed by atoms with Gasteiger partial charge in [-0.2, -0.15) is 5.10 Å². The number of aromatic nitrogens is 2. The second kappa shape index (κ2) is 7.64. The summed E-state index contributed by atoms with van der Waals surface area (Å²) in [6.07, 6.45) is 2.61. The highest BCUT2D eigenvalue weighted by molar-refractivity contribution is 5.47. The van der Waals surface area contributed by atoms with E-state index in [9.17, 15) is 4.79 Å². The molecule has 0 saturated carbocycles. The summed E-state index contributed by atoms with van der Waals surface area (Å²) in [5.41, 5.74) is 2.54. The molecular weight excluding hydrogens is 278 g/mol. The third-order valence-corrected chi connectivity index (χ3v) is 3.41. The van der Waals surface area contributed by atoms with Gasteiger partial charge in [0, 0.05) is 18.7 Å². The highest BCUT2D eigenvalue weighted by Crippen LogP contribution is 2.15. The van der Waals surface area contributed by atoms with Crippen molar-refractivity contribution in [2.45, 2.75) is 40.3 Å². The Kier molecular flexibility index (Phi) is 5.58. The highest BCUT2D eigenvalue weighted by Gasteiger charge is 2.06. The largest absolute Gasteiger partial charge is 0.494 e. The van der Waals surface area contributed by atoms with Crippen molar-refractivity contribution >= 4 is 5.69 Å². The molecule has 0 spiro atoms. The number of aryl methyl sites for hydroxylation is 1. The summed E-state index contributed by atoms with van der Waals surface area (Å²) in [5.74, 6) is 0.856. The molecule has 5 nitrogen and oxygen atoms in total. The van der Waals surface area contributed by atoms with Crippen molar-refractivity contribution in [3.8, 4) is 5.75 Å². The van der Waals surface area contributed by atoms with Crippen molar-refractivity contribution in [2.75, 3.05) is 11.9 Å². The molecular formula is C17H23N3O2. The van der Waals surface area contributed by atoms with Gasteiger partial charge >= 0.3 is 0 Å². The lowest BCUT2D eigenvalue weighted by molar-refractivity contribution is 0.340. The lowest BCUT2D eigenvalue weighted by Gasteiger charge is -2.12. The van der Waals surface area contributed by atoms with Crippen LogP contribution in [0.3, 0.4) is 0 Å². The maximum Gasteiger partial charge on any atom is 0.271 e. The maximum absolute atomic E-state index is 12.2. The Bertz CT molecular complexity index is 680. The standard InChI is InChI=1S/C17H23N3O2/c1-4-9-20-17(21)13(3)16(12-19-20)18-11-14-7-6-8-15(10-14)22-5-2/h6-8,10,12,18H,4-5,9,11H2,1-3H3. The molecule has 5 heteroatoms. The number of anilines is 1. The lowest BCUT2D eigenvalue weighted by Crippen LogP contribution is -2.25. The van der Waals surface area contributed by atoms with Crippen LogP contribution in [0.5, 0.6) is 5.75 Å². The van der Waals surface area contributed by atoms with E-state index in [4.69, 9.17) is 4.74 Å². The van der Waals surface area contributed by atoms with E-state index < -0.39 is 0 Å². The average Bonchev–Trinajstić information content (AvgIpc) is 2.52. The highest BCUT2D eigenvalue weighted by atomic mass is 16.5. The second-order valence-electron chi connectivity index (χ2n) is 5.15. The third kappa shape index (κ3) is 3.87. The summed E-state index contributed by atoms with van der Waals surface area (Å²) in [6, 6.07) is 7.92. The van der Waals surface area contributed by atoms with Gasteiger partial charge in [0.1, 0.15) is 5.75 Å². The number of hydrogen-bond acceptors (Lipinski definition) is 4. The van der Waals surface area contributed by atoms with Crippen molar-refractivity contribution in [1.82, 2.24) is 9.78 Å². The fourth-order valence-corrected chi connectivity index (χ4v) is 2.24. The zero-order valence-electron chi connectivity index (χ0n) is 13.4. The van der Waals surface area contributed by atoms with Crippen LogP contribution in [0.25, 0.3) is 0 Å². The molecule has 0 atom stereocenters. The van der Waals surface area contributed by atoms with Gasteiger partial charge in [-0.1, -0.05) is 19.1 Å². The van der Waals surface area contributed by atoms with Crippen molar-refractivity contribution in [2.24, 2.45) is 0 Å². The Morgan fingerprint density at radius 2 is 2.14 bits per heavy atom. The minimum atomic E-state index is -0.0325. The smallest absolute Gasteiger partial charge is 0.271 e. The number of hydrogen-bond donors (Lipinski definition) is 1. The molecule has 2 aromatic rings. The number of ether oxygens (including phenoxy) is 1. The predicted molar refractivity (Wildman–Crippen MR) is 88.5 cm³/mol. The number of nitrogens with zero attached hydrogens (tertiary/aromatic N) is 2. The number of nitrogens with one attached hydrogen (secondary N) is 1. The molecule has 1 aromatic heterocycles. The summed E-state index contributed by atoms with van der Waals surface area (Å²) >= 11 is 0. The molecule has 0 aliphatic rings. The zero-order valence-corrected chi connectivity index (χ0v) is 13.4. The summed E-state index contributed by atoms with van der Waals surface area (Å²) in [6.45, 7) is 7.74. The average molecular weight is 301 g/mol. The molecule has 22 heavy (non-hydrogen) atoms. The van der Waals surface area contributed by atoms with Crippen LogP contribution in [0.4, 0.5) is 5.69 Å². The van der Waals surface area contributed by atoms with E-state index in [1.807, 2.05) is 45.0 Å². The molecule has 1 N–H and O–H groups in total. The van der Waals surface area contributed by atoms with Crippen LogP contribution in [0, 0.1) is 6.92 Å². The molecule has 0 bridgehead atoms. The van der Waals surface area contributed by atoms with Gasteiger partial charge in [-0.25, -0.2) is 4.68 Å². The van der Waals surface area contributed by atoms with E-state index in [1.165, 1.54) is 4.68 Å². The van der Waals surface area contributed by atoms with Gasteiger partial charge in [-0.3, -0.25) is 4.79 Å². The van der Waals surface area contributed by atoms with E-state index in [1.54, 1.807) is 6.20 Å². The van der Waals surface area contributed by atoms with E-state index in [0.717, 1.165) is 23.4 Å². The summed E-state index contributed by atoms with van der Waals surface area (Å²) < 4.78 is 7.00. The molecule has 0 amide bonds. The second-order valence-corrected chi connectivity index (χ2v) is 5.15. The first kappa shape index (κ1) is 16.1. The molecule has 1 aromatic carbocycles. The summed E-state index contributed by atoms with van der Waals surface area (Å²) in [4.78, 5) is 12.2. The minimum absolute atomic E-state index is 0.0325. The Labute approximate surface area is 130 Å². The molecule has 0 saturated heterocycles. The Balaban J connectivity index is 2.10. The number of benzene rings is 1. The predicted octanol–water partition coefficient (Wildman–Crippen LogP) is 2.97. The van der Waals surface area contributed by atoms with E-state index in [0.29, 0.717) is 25.3 Å². The first-order chi connectivity index (χ1) is 10.7. The van der Waals surface area contributed by atoms with Crippen molar-refractivity contribution in [1.29, 1.82) is 0 Å². The summed E-state index contributed by atoms with van der Waals surface area (Å²) in [5, 5.41) is 7.48. The molecule has 0 fully saturated rings. The zero-order chi connectivity index (χ0) is 15.9. The molecule has 0 aliphatic carbocycles. The fourth-order valence-electron chi connectivity index (χ4n) is 2.24. The van der Waals surface area contributed by atoms with Gasteiger partial charge in [0.2, 0.25) is 0 Å². The molecule has 1 heterocycles. The van der Waals surface area contributed by atoms with Crippen LogP contribution < -0.4 is 15.6 Å². The van der Waals surface area contributed by atoms with E-state index in [-0.39, 0.29) is 5.56 Å². The Morgan fingerprint density at radius 3 is 2.86 bits per heavy atom. The monoisotopic (exact) mass is 301 g/mol. The molecule has 0 aliphatic heterocycles. The van der Waals surface area contributed by atoms with Crippen LogP contribution in [0.15, 0.2) is 35.3 Å². The normalized spacial score (nSPS) is 10.5. The van der Waals surface area contributed by atoms with Crippen molar-refractivity contribution < 1.29 is 4.74 Å².